The van der Waals surface area contributed by atoms with Crippen molar-refractivity contribution in [1.82, 2.24) is 14.9 Å². The second-order valence-electron chi connectivity index (χ2n) is 5.95. The van der Waals surface area contributed by atoms with E-state index in [9.17, 15) is 14.4 Å². The second-order valence-corrected chi connectivity index (χ2v) is 5.95. The van der Waals surface area contributed by atoms with Crippen LogP contribution in [0.15, 0.2) is 36.9 Å². The zero-order valence-corrected chi connectivity index (χ0v) is 13.9. The molecule has 2 amide bonds. The normalized spacial score (nSPS) is 13.4. The Morgan fingerprint density at radius 3 is 2.84 bits per heavy atom. The number of nitrogens with zero attached hydrogens (tertiary/aromatic N) is 3. The fourth-order valence-electron chi connectivity index (χ4n) is 2.55. The number of ether oxygens (including phenoxy) is 1. The van der Waals surface area contributed by atoms with Crippen LogP contribution in [0.5, 0.6) is 5.75 Å². The molecule has 8 heteroatoms. The van der Waals surface area contributed by atoms with Gasteiger partial charge in [-0.25, -0.2) is 4.98 Å². The van der Waals surface area contributed by atoms with Crippen molar-refractivity contribution in [3.05, 3.63) is 42.5 Å². The Kier molecular flexibility index (Phi) is 4.51. The van der Waals surface area contributed by atoms with Gasteiger partial charge >= 0.3 is 0 Å². The quantitative estimate of drug-likeness (QED) is 0.888. The molecule has 0 radical (unpaired) electrons. The van der Waals surface area contributed by atoms with Crippen molar-refractivity contribution >= 4 is 23.4 Å². The summed E-state index contributed by atoms with van der Waals surface area (Å²) >= 11 is 0. The molecular formula is C17H18N4O4. The molecule has 2 aromatic rings. The SMILES string of the molecule is CC(C)NC(=O)CN1C(=O)COc2ccc(C(=O)n3ccnc3)cc21. The van der Waals surface area contributed by atoms with Gasteiger partial charge in [-0.05, 0) is 32.0 Å². The number of fused-ring (bicyclic) bond motifs is 1. The van der Waals surface area contributed by atoms with Gasteiger partial charge in [-0.2, -0.15) is 0 Å². The summed E-state index contributed by atoms with van der Waals surface area (Å²) < 4.78 is 6.74. The number of imidazole rings is 1. The maximum atomic E-state index is 12.4. The van der Waals surface area contributed by atoms with Crippen molar-refractivity contribution in [1.29, 1.82) is 0 Å². The van der Waals surface area contributed by atoms with Crippen LogP contribution in [0.3, 0.4) is 0 Å². The lowest BCUT2D eigenvalue weighted by Gasteiger charge is -2.29. The average Bonchev–Trinajstić information content (AvgIpc) is 3.10. The fourth-order valence-corrected chi connectivity index (χ4v) is 2.55. The highest BCUT2D eigenvalue weighted by molar-refractivity contribution is 6.04. The minimum absolute atomic E-state index is 0.0303. The zero-order chi connectivity index (χ0) is 18.0. The lowest BCUT2D eigenvalue weighted by molar-refractivity contribution is -0.125. The Morgan fingerprint density at radius 2 is 2.16 bits per heavy atom. The highest BCUT2D eigenvalue weighted by Gasteiger charge is 2.28. The minimum atomic E-state index is -0.335. The summed E-state index contributed by atoms with van der Waals surface area (Å²) in [5.41, 5.74) is 0.769. The molecule has 0 fully saturated rings. The van der Waals surface area contributed by atoms with E-state index in [0.717, 1.165) is 0 Å². The Morgan fingerprint density at radius 1 is 1.36 bits per heavy atom. The first-order valence-electron chi connectivity index (χ1n) is 7.85. The van der Waals surface area contributed by atoms with Gasteiger partial charge in [0, 0.05) is 24.0 Å². The third-order valence-corrected chi connectivity index (χ3v) is 3.64. The lowest BCUT2D eigenvalue weighted by atomic mass is 10.1. The van der Waals surface area contributed by atoms with E-state index in [2.05, 4.69) is 10.3 Å². The number of anilines is 1. The van der Waals surface area contributed by atoms with Gasteiger partial charge < -0.3 is 10.1 Å². The van der Waals surface area contributed by atoms with Gasteiger partial charge in [0.2, 0.25) is 5.91 Å². The van der Waals surface area contributed by atoms with Crippen LogP contribution < -0.4 is 15.0 Å². The van der Waals surface area contributed by atoms with Crippen LogP contribution in [0.1, 0.15) is 24.2 Å². The fraction of sp³-hybridized carbons (Fsp3) is 0.294. The number of hydrogen-bond acceptors (Lipinski definition) is 5. The van der Waals surface area contributed by atoms with Crippen molar-refractivity contribution in [3.63, 3.8) is 0 Å². The Labute approximate surface area is 144 Å². The third-order valence-electron chi connectivity index (χ3n) is 3.64. The largest absolute Gasteiger partial charge is 0.482 e. The van der Waals surface area contributed by atoms with Crippen molar-refractivity contribution in [2.45, 2.75) is 19.9 Å². The molecular weight excluding hydrogens is 324 g/mol. The number of amides is 2. The minimum Gasteiger partial charge on any atom is -0.482 e. The molecule has 1 N–H and O–H groups in total. The van der Waals surface area contributed by atoms with Gasteiger partial charge in [0.05, 0.1) is 5.69 Å². The highest BCUT2D eigenvalue weighted by atomic mass is 16.5. The van der Waals surface area contributed by atoms with E-state index in [0.29, 0.717) is 17.0 Å². The molecule has 0 saturated carbocycles. The van der Waals surface area contributed by atoms with Crippen LogP contribution in [-0.4, -0.2) is 46.5 Å². The van der Waals surface area contributed by atoms with E-state index in [-0.39, 0.29) is 36.9 Å². The monoisotopic (exact) mass is 342 g/mol. The lowest BCUT2D eigenvalue weighted by Crippen LogP contribution is -2.46. The standard InChI is InChI=1S/C17H18N4O4/c1-11(2)19-15(22)8-21-13-7-12(17(24)20-6-5-18-10-20)3-4-14(13)25-9-16(21)23/h3-7,10-11H,8-9H2,1-2H3,(H,19,22). The van der Waals surface area contributed by atoms with Gasteiger partial charge in [0.15, 0.2) is 6.61 Å². The molecule has 130 valence electrons. The molecule has 0 atom stereocenters. The molecule has 1 aliphatic heterocycles. The molecule has 1 aliphatic rings. The number of carbonyl (C=O) groups excluding carboxylic acids is 3. The van der Waals surface area contributed by atoms with E-state index in [1.54, 1.807) is 18.2 Å². The molecule has 3 rings (SSSR count). The molecule has 1 aromatic heterocycles. The van der Waals surface area contributed by atoms with E-state index < -0.39 is 0 Å². The van der Waals surface area contributed by atoms with Gasteiger partial charge in [-0.1, -0.05) is 0 Å². The summed E-state index contributed by atoms with van der Waals surface area (Å²) in [5, 5.41) is 2.75. The smallest absolute Gasteiger partial charge is 0.265 e. The first kappa shape index (κ1) is 16.7. The summed E-state index contributed by atoms with van der Waals surface area (Å²) in [6.07, 6.45) is 4.44. The zero-order valence-electron chi connectivity index (χ0n) is 13.9. The molecule has 0 unspecified atom stereocenters. The van der Waals surface area contributed by atoms with Crippen molar-refractivity contribution in [3.8, 4) is 5.75 Å². The van der Waals surface area contributed by atoms with Gasteiger partial charge in [-0.15, -0.1) is 0 Å². The van der Waals surface area contributed by atoms with Crippen LogP contribution in [0.4, 0.5) is 5.69 Å². The molecule has 0 bridgehead atoms. The topological polar surface area (TPSA) is 93.5 Å². The number of hydrogen-bond donors (Lipinski definition) is 1. The van der Waals surface area contributed by atoms with Gasteiger partial charge in [0.1, 0.15) is 18.6 Å². The Balaban J connectivity index is 1.91. The van der Waals surface area contributed by atoms with E-state index in [1.807, 2.05) is 13.8 Å². The second kappa shape index (κ2) is 6.76. The molecule has 0 aliphatic carbocycles. The summed E-state index contributed by atoms with van der Waals surface area (Å²) in [4.78, 5) is 41.9. The van der Waals surface area contributed by atoms with Crippen LogP contribution in [0.25, 0.3) is 0 Å². The van der Waals surface area contributed by atoms with E-state index >= 15 is 0 Å². The van der Waals surface area contributed by atoms with E-state index in [1.165, 1.54) is 28.2 Å². The maximum absolute atomic E-state index is 12.4. The maximum Gasteiger partial charge on any atom is 0.265 e. The predicted molar refractivity (Wildman–Crippen MR) is 89.5 cm³/mol. The van der Waals surface area contributed by atoms with Crippen molar-refractivity contribution in [2.75, 3.05) is 18.1 Å². The third kappa shape index (κ3) is 3.52. The number of nitrogens with one attached hydrogen (secondary N) is 1. The summed E-state index contributed by atoms with van der Waals surface area (Å²) in [5.74, 6) is -0.440. The Bertz CT molecular complexity index is 814. The van der Waals surface area contributed by atoms with Crippen LogP contribution in [0.2, 0.25) is 0 Å². The van der Waals surface area contributed by atoms with E-state index in [4.69, 9.17) is 4.74 Å². The van der Waals surface area contributed by atoms with Gasteiger partial charge in [-0.3, -0.25) is 23.9 Å². The average molecular weight is 342 g/mol. The van der Waals surface area contributed by atoms with Crippen molar-refractivity contribution < 1.29 is 19.1 Å². The van der Waals surface area contributed by atoms with Crippen LogP contribution >= 0.6 is 0 Å². The molecule has 0 spiro atoms. The number of benzene rings is 1. The summed E-state index contributed by atoms with van der Waals surface area (Å²) in [7, 11) is 0. The molecule has 8 nitrogen and oxygen atoms in total. The molecule has 0 saturated heterocycles. The first-order valence-corrected chi connectivity index (χ1v) is 7.85. The number of carbonyl (C=O) groups is 3. The Hall–Kier alpha value is -3.16. The number of rotatable bonds is 4. The molecule has 1 aromatic carbocycles. The molecule has 25 heavy (non-hydrogen) atoms. The summed E-state index contributed by atoms with van der Waals surface area (Å²) in [6.45, 7) is 3.41. The predicted octanol–water partition coefficient (Wildman–Crippen LogP) is 0.822. The highest BCUT2D eigenvalue weighted by Crippen LogP contribution is 2.33. The van der Waals surface area contributed by atoms with Crippen LogP contribution in [-0.2, 0) is 9.59 Å². The van der Waals surface area contributed by atoms with Crippen LogP contribution in [0, 0.1) is 0 Å². The number of aromatic nitrogens is 2. The summed E-state index contributed by atoms with van der Waals surface area (Å²) in [6, 6.07) is 4.76. The first-order chi connectivity index (χ1) is 12.0. The molecule has 2 heterocycles. The van der Waals surface area contributed by atoms with Crippen molar-refractivity contribution in [2.24, 2.45) is 0 Å². The van der Waals surface area contributed by atoms with Gasteiger partial charge in [0.25, 0.3) is 11.8 Å².